The zero-order valence-corrected chi connectivity index (χ0v) is 39.5. The van der Waals surface area contributed by atoms with Crippen molar-refractivity contribution in [3.05, 3.63) is 30.5 Å². The van der Waals surface area contributed by atoms with Gasteiger partial charge in [-0.3, -0.25) is 24.0 Å². The maximum absolute atomic E-state index is 14.2. The lowest BCUT2D eigenvalue weighted by Gasteiger charge is -2.46. The second-order valence-corrected chi connectivity index (χ2v) is 19.4. The highest BCUT2D eigenvalue weighted by atomic mass is 32.1. The number of nitrogens with zero attached hydrogens (tertiary/aromatic N) is 7. The van der Waals surface area contributed by atoms with Crippen LogP contribution in [0.4, 0.5) is 4.79 Å². The molecule has 64 heavy (non-hydrogen) atoms. The number of hydrogen-bond acceptors (Lipinski definition) is 15. The summed E-state index contributed by atoms with van der Waals surface area (Å²) < 4.78 is 34.2. The Balaban J connectivity index is 0.00000771. The Kier molecular flexibility index (Phi) is 16.7. The average Bonchev–Trinajstić information content (AvgIpc) is 3.96. The number of aryl methyl sites for hydroxylation is 1. The Morgan fingerprint density at radius 3 is 2.44 bits per heavy atom. The van der Waals surface area contributed by atoms with E-state index in [1.807, 2.05) is 84.1 Å². The van der Waals surface area contributed by atoms with Gasteiger partial charge >= 0.3 is 12.1 Å². The molecule has 2 aromatic heterocycles. The summed E-state index contributed by atoms with van der Waals surface area (Å²) in [7, 11) is 5.30. The van der Waals surface area contributed by atoms with Crippen LogP contribution in [0.2, 0.25) is 0 Å². The monoisotopic (exact) mass is 913 g/mol. The maximum Gasteiger partial charge on any atom is 0.410 e. The smallest absolute Gasteiger partial charge is 0.410 e. The van der Waals surface area contributed by atoms with E-state index in [1.54, 1.807) is 32.7 Å². The number of cyclic esters (lactones) is 1. The molecule has 356 valence electrons. The summed E-state index contributed by atoms with van der Waals surface area (Å²) in [4.78, 5) is 66.0. The number of esters is 1. The van der Waals surface area contributed by atoms with Crippen LogP contribution in [0.5, 0.6) is 0 Å². The fraction of sp³-hybridized carbons (Fsp3) is 0.717. The molecule has 0 bridgehead atoms. The SMILES string of the molecule is C.CC[C@H]1OC(=O)[C@H](C)C(=O)C[C@@H](O[C@@H]2O[C@H](C)CC(N(C)C)C2O)[C@](C)(OC)C[C@@H](C)CN(C(C)=O)[C@H](C)[C@H]2N(CCCCn3cc(-c4nc5ccccc5s4)nn3)C(=O)O[C@]12C. The number of aliphatic hydroxyl groups is 1. The second-order valence-electron chi connectivity index (χ2n) is 18.4. The molecule has 0 saturated carbocycles. The Bertz CT molecular complexity index is 2050. The number of aromatic nitrogens is 4. The summed E-state index contributed by atoms with van der Waals surface area (Å²) in [5.41, 5.74) is -0.931. The number of hydrogen-bond donors (Lipinski definition) is 1. The van der Waals surface area contributed by atoms with Crippen molar-refractivity contribution in [2.24, 2.45) is 11.8 Å². The first-order chi connectivity index (χ1) is 29.8. The number of aliphatic hydroxyl groups excluding tert-OH is 1. The molecule has 17 nitrogen and oxygen atoms in total. The maximum atomic E-state index is 14.2. The van der Waals surface area contributed by atoms with Crippen molar-refractivity contribution in [3.63, 3.8) is 0 Å². The van der Waals surface area contributed by atoms with E-state index in [9.17, 15) is 24.3 Å². The minimum Gasteiger partial charge on any atom is -0.458 e. The third-order valence-corrected chi connectivity index (χ3v) is 14.4. The van der Waals surface area contributed by atoms with E-state index in [0.717, 1.165) is 15.2 Å². The molecule has 18 heteroatoms. The first-order valence-electron chi connectivity index (χ1n) is 22.3. The number of carbonyl (C=O) groups excluding carboxylic acids is 4. The molecule has 3 fully saturated rings. The molecule has 12 atom stereocenters. The van der Waals surface area contributed by atoms with E-state index in [4.69, 9.17) is 28.7 Å². The van der Waals surface area contributed by atoms with Crippen LogP contribution in [0.1, 0.15) is 101 Å². The number of Topliss-reactive ketones (excluding diaryl/α,β-unsaturated/α-hetero) is 1. The van der Waals surface area contributed by atoms with E-state index >= 15 is 0 Å². The van der Waals surface area contributed by atoms with E-state index < -0.39 is 71.7 Å². The highest BCUT2D eigenvalue weighted by Crippen LogP contribution is 2.41. The molecule has 3 saturated heterocycles. The molecule has 3 aliphatic rings. The van der Waals surface area contributed by atoms with Crippen molar-refractivity contribution in [1.29, 1.82) is 0 Å². The van der Waals surface area contributed by atoms with E-state index in [0.29, 0.717) is 44.5 Å². The lowest BCUT2D eigenvalue weighted by atomic mass is 9.82. The molecule has 3 aromatic rings. The molecule has 6 rings (SSSR count). The molecule has 2 unspecified atom stereocenters. The zero-order valence-electron chi connectivity index (χ0n) is 38.7. The predicted molar refractivity (Wildman–Crippen MR) is 242 cm³/mol. The topological polar surface area (TPSA) is 188 Å². The van der Waals surface area contributed by atoms with E-state index in [1.165, 1.54) is 21.0 Å². The van der Waals surface area contributed by atoms with Crippen molar-refractivity contribution in [2.45, 2.75) is 168 Å². The van der Waals surface area contributed by atoms with Crippen LogP contribution in [0.3, 0.4) is 0 Å². The van der Waals surface area contributed by atoms with Crippen LogP contribution in [0.25, 0.3) is 20.9 Å². The van der Waals surface area contributed by atoms with Gasteiger partial charge in [-0.1, -0.05) is 38.6 Å². The molecule has 0 aliphatic carbocycles. The van der Waals surface area contributed by atoms with Crippen molar-refractivity contribution >= 4 is 45.3 Å². The molecule has 1 N–H and O–H groups in total. The summed E-state index contributed by atoms with van der Waals surface area (Å²) in [5, 5.41) is 20.9. The standard InChI is InChI=1S/C45H67N7O10S.CH4/c1-12-36-45(8)39(51(43(57)62-45)20-16-15-19-50-25-32(47-48-50)40-46-31-17-13-14-18-35(31)63-40)29(5)52(30(6)53)24-26(2)23-44(7,58-11)37(22-34(54)28(4)41(56)60-36)61-42-38(55)33(49(9)10)21-27(3)59-42;/h13-14,17-18,25-29,33,36-39,42,55H,12,15-16,19-24H2,1-11H3;1H4/t26-,27-,28-,29-,33?,36-,37-,38?,39-,42+,44-,45-;/m1./s1. The molecular weight excluding hydrogens is 843 g/mol. The van der Waals surface area contributed by atoms with Crippen molar-refractivity contribution in [3.8, 4) is 10.7 Å². The van der Waals surface area contributed by atoms with E-state index in [2.05, 4.69) is 10.3 Å². The Hall–Kier alpha value is -4.07. The number of unbranched alkanes of at least 4 members (excludes halogenated alkanes) is 1. The summed E-state index contributed by atoms with van der Waals surface area (Å²) in [6, 6.07) is 6.34. The van der Waals surface area contributed by atoms with Gasteiger partial charge in [0.05, 0.1) is 46.3 Å². The van der Waals surface area contributed by atoms with Gasteiger partial charge in [0.25, 0.3) is 0 Å². The average molecular weight is 914 g/mol. The van der Waals surface area contributed by atoms with Crippen molar-refractivity contribution < 1.29 is 48.0 Å². The minimum atomic E-state index is -1.39. The first-order valence-corrected chi connectivity index (χ1v) is 23.1. The number of amides is 2. The number of methoxy groups -OCH3 is 1. The van der Waals surface area contributed by atoms with Crippen LogP contribution >= 0.6 is 11.3 Å². The van der Waals surface area contributed by atoms with Gasteiger partial charge in [0.2, 0.25) is 5.91 Å². The summed E-state index contributed by atoms with van der Waals surface area (Å²) in [6.45, 7) is 15.3. The molecule has 5 heterocycles. The number of ether oxygens (including phenoxy) is 5. The Morgan fingerprint density at radius 1 is 1.08 bits per heavy atom. The van der Waals surface area contributed by atoms with Gasteiger partial charge in [0.15, 0.2) is 11.9 Å². The fourth-order valence-electron chi connectivity index (χ4n) is 9.75. The third-order valence-electron chi connectivity index (χ3n) is 13.4. The Labute approximate surface area is 382 Å². The second kappa shape index (κ2) is 21.0. The van der Waals surface area contributed by atoms with Crippen LogP contribution in [0.15, 0.2) is 30.5 Å². The lowest BCUT2D eigenvalue weighted by molar-refractivity contribution is -0.289. The van der Waals surface area contributed by atoms with Gasteiger partial charge in [0, 0.05) is 46.1 Å². The minimum absolute atomic E-state index is 0. The Morgan fingerprint density at radius 2 is 1.78 bits per heavy atom. The summed E-state index contributed by atoms with van der Waals surface area (Å²) in [6.07, 6.45) is -0.810. The van der Waals surface area contributed by atoms with Crippen LogP contribution in [-0.4, -0.2) is 158 Å². The van der Waals surface area contributed by atoms with Gasteiger partial charge in [-0.2, -0.15) is 0 Å². The molecular formula is C46H71N7O10S. The molecule has 0 spiro atoms. The van der Waals surface area contributed by atoms with E-state index in [-0.39, 0.29) is 50.8 Å². The number of fused-ring (bicyclic) bond motifs is 2. The number of benzene rings is 1. The molecule has 0 radical (unpaired) electrons. The third kappa shape index (κ3) is 10.8. The fourth-order valence-corrected chi connectivity index (χ4v) is 10.7. The van der Waals surface area contributed by atoms with Crippen molar-refractivity contribution in [1.82, 2.24) is 34.7 Å². The number of carbonyl (C=O) groups is 4. The highest BCUT2D eigenvalue weighted by molar-refractivity contribution is 7.21. The van der Waals surface area contributed by atoms with Crippen LogP contribution in [0, 0.1) is 11.8 Å². The predicted octanol–water partition coefficient (Wildman–Crippen LogP) is 5.96. The van der Waals surface area contributed by atoms with Gasteiger partial charge in [-0.15, -0.1) is 16.4 Å². The summed E-state index contributed by atoms with van der Waals surface area (Å²) in [5.74, 6) is -2.86. The number of likely N-dealkylation sites (N-methyl/N-ethyl adjacent to an activating group) is 1. The van der Waals surface area contributed by atoms with Gasteiger partial charge in [-0.25, -0.2) is 9.78 Å². The normalized spacial score (nSPS) is 33.3. The largest absolute Gasteiger partial charge is 0.458 e. The number of ketones is 1. The van der Waals surface area contributed by atoms with Gasteiger partial charge in [0.1, 0.15) is 34.6 Å². The number of rotatable bonds is 11. The van der Waals surface area contributed by atoms with Crippen LogP contribution in [-0.2, 0) is 44.6 Å². The number of thiazole rings is 1. The molecule has 3 aliphatic heterocycles. The number of para-hydroxylation sites is 1. The summed E-state index contributed by atoms with van der Waals surface area (Å²) >= 11 is 1.56. The van der Waals surface area contributed by atoms with Gasteiger partial charge < -0.3 is 38.6 Å². The highest BCUT2D eigenvalue weighted by Gasteiger charge is 2.59. The zero-order chi connectivity index (χ0) is 46.0. The molecule has 1 aromatic carbocycles. The van der Waals surface area contributed by atoms with Gasteiger partial charge in [-0.05, 0) is 98.9 Å². The lowest BCUT2D eigenvalue weighted by Crippen LogP contribution is -2.62. The van der Waals surface area contributed by atoms with Crippen molar-refractivity contribution in [2.75, 3.05) is 34.3 Å². The quantitative estimate of drug-likeness (QED) is 0.135. The van der Waals surface area contributed by atoms with Crippen LogP contribution < -0.4 is 0 Å². The molecule has 2 amide bonds. The first kappa shape index (κ1) is 50.9.